The molecule has 0 saturated heterocycles. The molecule has 0 bridgehead atoms. The Morgan fingerprint density at radius 1 is 0.971 bits per heavy atom. The molecule has 34 heavy (non-hydrogen) atoms. The van der Waals surface area contributed by atoms with E-state index >= 15 is 0 Å². The van der Waals surface area contributed by atoms with E-state index in [1.54, 1.807) is 32.2 Å². The number of thioether (sulfide) groups is 1. The van der Waals surface area contributed by atoms with Gasteiger partial charge >= 0.3 is 0 Å². The van der Waals surface area contributed by atoms with Crippen LogP contribution in [0.15, 0.2) is 86.9 Å². The largest absolute Gasteiger partial charge is 0.455 e. The van der Waals surface area contributed by atoms with Crippen molar-refractivity contribution >= 4 is 40.2 Å². The van der Waals surface area contributed by atoms with Crippen LogP contribution in [0.2, 0.25) is 0 Å². The molecule has 1 heterocycles. The van der Waals surface area contributed by atoms with E-state index in [2.05, 4.69) is 5.32 Å². The molecule has 6 nitrogen and oxygen atoms in total. The summed E-state index contributed by atoms with van der Waals surface area (Å²) in [5, 5.41) is 3.18. The predicted octanol–water partition coefficient (Wildman–Crippen LogP) is 5.20. The topological polar surface area (TPSA) is 79.6 Å². The van der Waals surface area contributed by atoms with Crippen LogP contribution in [0.4, 0.5) is 5.69 Å². The molecule has 0 radical (unpaired) electrons. The van der Waals surface area contributed by atoms with Gasteiger partial charge in [-0.25, -0.2) is 0 Å². The molecule has 0 fully saturated rings. The smallest absolute Gasteiger partial charge is 0.257 e. The summed E-state index contributed by atoms with van der Waals surface area (Å²) < 4.78 is 6.14. The maximum Gasteiger partial charge on any atom is 0.257 e. The quantitative estimate of drug-likeness (QED) is 0.390. The zero-order valence-electron chi connectivity index (χ0n) is 19.1. The Morgan fingerprint density at radius 2 is 1.68 bits per heavy atom. The molecule has 0 aliphatic carbocycles. The van der Waals surface area contributed by atoms with E-state index in [1.165, 1.54) is 16.7 Å². The number of anilines is 1. The van der Waals surface area contributed by atoms with Crippen LogP contribution in [0.1, 0.15) is 15.9 Å². The number of nitrogens with one attached hydrogen (secondary N) is 1. The molecule has 4 aromatic rings. The Morgan fingerprint density at radius 3 is 2.41 bits per heavy atom. The molecule has 0 aliphatic heterocycles. The van der Waals surface area contributed by atoms with Crippen molar-refractivity contribution in [3.8, 4) is 11.3 Å². The normalized spacial score (nSPS) is 10.8. The number of amides is 2. The Hall–Kier alpha value is -3.84. The highest BCUT2D eigenvalue weighted by Crippen LogP contribution is 2.28. The minimum atomic E-state index is -0.412. The van der Waals surface area contributed by atoms with E-state index in [9.17, 15) is 14.4 Å². The average Bonchev–Trinajstić information content (AvgIpc) is 2.86. The molecular formula is C27H24N2O4S. The van der Waals surface area contributed by atoms with Gasteiger partial charge in [0.2, 0.25) is 5.91 Å². The Labute approximate surface area is 201 Å². The third-order valence-electron chi connectivity index (χ3n) is 5.52. The summed E-state index contributed by atoms with van der Waals surface area (Å²) in [4.78, 5) is 41.2. The second-order valence-electron chi connectivity index (χ2n) is 7.84. The molecule has 0 aliphatic rings. The van der Waals surface area contributed by atoms with Crippen molar-refractivity contribution in [1.82, 2.24) is 4.90 Å². The number of fused-ring (bicyclic) bond motifs is 1. The SMILES string of the molecule is CSc1ccccc1NC(=O)CN(C)C(=O)c1cccc2c(=O)c(C)c(-c3ccccc3)oc12. The second kappa shape index (κ2) is 9.97. The van der Waals surface area contributed by atoms with E-state index < -0.39 is 5.91 Å². The van der Waals surface area contributed by atoms with Crippen LogP contribution in [0, 0.1) is 6.92 Å². The molecule has 7 heteroatoms. The van der Waals surface area contributed by atoms with Crippen molar-refractivity contribution in [1.29, 1.82) is 0 Å². The lowest BCUT2D eigenvalue weighted by Crippen LogP contribution is -2.35. The summed E-state index contributed by atoms with van der Waals surface area (Å²) in [6.07, 6.45) is 1.93. The minimum absolute atomic E-state index is 0.153. The van der Waals surface area contributed by atoms with Crippen molar-refractivity contribution in [3.63, 3.8) is 0 Å². The van der Waals surface area contributed by atoms with Gasteiger partial charge in [-0.1, -0.05) is 48.5 Å². The number of hydrogen-bond acceptors (Lipinski definition) is 5. The van der Waals surface area contributed by atoms with Gasteiger partial charge in [0.25, 0.3) is 5.91 Å². The summed E-state index contributed by atoms with van der Waals surface area (Å²) >= 11 is 1.53. The second-order valence-corrected chi connectivity index (χ2v) is 8.69. The van der Waals surface area contributed by atoms with E-state index in [0.717, 1.165) is 10.5 Å². The summed E-state index contributed by atoms with van der Waals surface area (Å²) in [5.41, 5.74) is 2.17. The third kappa shape index (κ3) is 4.61. The number of hydrogen-bond donors (Lipinski definition) is 1. The van der Waals surface area contributed by atoms with E-state index in [0.29, 0.717) is 22.4 Å². The molecule has 172 valence electrons. The van der Waals surface area contributed by atoms with Gasteiger partial charge in [0.1, 0.15) is 5.76 Å². The van der Waals surface area contributed by atoms with E-state index in [1.807, 2.05) is 60.9 Å². The average molecular weight is 473 g/mol. The first-order chi connectivity index (χ1) is 16.4. The monoisotopic (exact) mass is 472 g/mol. The minimum Gasteiger partial charge on any atom is -0.455 e. The maximum atomic E-state index is 13.3. The van der Waals surface area contributed by atoms with E-state index in [-0.39, 0.29) is 29.0 Å². The highest BCUT2D eigenvalue weighted by molar-refractivity contribution is 7.98. The third-order valence-corrected chi connectivity index (χ3v) is 6.32. The molecule has 0 unspecified atom stereocenters. The number of rotatable bonds is 6. The first kappa shape index (κ1) is 23.3. The highest BCUT2D eigenvalue weighted by atomic mass is 32.2. The predicted molar refractivity (Wildman–Crippen MR) is 136 cm³/mol. The molecule has 0 atom stereocenters. The summed E-state index contributed by atoms with van der Waals surface area (Å²) in [6.45, 7) is 1.56. The van der Waals surface area contributed by atoms with Crippen molar-refractivity contribution < 1.29 is 14.0 Å². The number of carbonyl (C=O) groups excluding carboxylic acids is 2. The Kier molecular flexibility index (Phi) is 6.84. The van der Waals surface area contributed by atoms with Crippen molar-refractivity contribution in [2.75, 3.05) is 25.2 Å². The van der Waals surface area contributed by atoms with Crippen molar-refractivity contribution in [2.24, 2.45) is 0 Å². The van der Waals surface area contributed by atoms with Crippen LogP contribution >= 0.6 is 11.8 Å². The van der Waals surface area contributed by atoms with Gasteiger partial charge in [0.05, 0.1) is 23.2 Å². The molecular weight excluding hydrogens is 448 g/mol. The molecule has 1 N–H and O–H groups in total. The molecule has 0 spiro atoms. The van der Waals surface area contributed by atoms with Crippen LogP contribution in [0.25, 0.3) is 22.3 Å². The van der Waals surface area contributed by atoms with Crippen LogP contribution in [-0.2, 0) is 4.79 Å². The van der Waals surface area contributed by atoms with Crippen LogP contribution in [0.5, 0.6) is 0 Å². The van der Waals surface area contributed by atoms with Crippen molar-refractivity contribution in [2.45, 2.75) is 11.8 Å². The van der Waals surface area contributed by atoms with Gasteiger partial charge in [0.15, 0.2) is 11.0 Å². The first-order valence-electron chi connectivity index (χ1n) is 10.7. The summed E-state index contributed by atoms with van der Waals surface area (Å²) in [6, 6.07) is 21.7. The highest BCUT2D eigenvalue weighted by Gasteiger charge is 2.22. The zero-order chi connectivity index (χ0) is 24.2. The lowest BCUT2D eigenvalue weighted by Gasteiger charge is -2.18. The summed E-state index contributed by atoms with van der Waals surface area (Å²) in [7, 11) is 1.55. The van der Waals surface area contributed by atoms with Crippen LogP contribution < -0.4 is 10.7 Å². The maximum absolute atomic E-state index is 13.3. The fourth-order valence-electron chi connectivity index (χ4n) is 3.77. The standard InChI is InChI=1S/C27H24N2O4S/c1-17-24(31)19-12-9-13-20(26(19)33-25(17)18-10-5-4-6-11-18)27(32)29(2)16-23(30)28-21-14-7-8-15-22(21)34-3/h4-15H,16H2,1-3H3,(H,28,30). The Bertz CT molecular complexity index is 1430. The van der Waals surface area contributed by atoms with Crippen molar-refractivity contribution in [3.05, 3.63) is 94.1 Å². The fraction of sp³-hybridized carbons (Fsp3) is 0.148. The Balaban J connectivity index is 1.65. The lowest BCUT2D eigenvalue weighted by molar-refractivity contribution is -0.116. The van der Waals surface area contributed by atoms with E-state index in [4.69, 9.17) is 4.42 Å². The zero-order valence-corrected chi connectivity index (χ0v) is 19.9. The van der Waals surface area contributed by atoms with Gasteiger partial charge in [-0.15, -0.1) is 11.8 Å². The number of likely N-dealkylation sites (N-methyl/N-ethyl adjacent to an activating group) is 1. The molecule has 0 saturated carbocycles. The molecule has 2 amide bonds. The van der Waals surface area contributed by atoms with Gasteiger partial charge in [-0.2, -0.15) is 0 Å². The summed E-state index contributed by atoms with van der Waals surface area (Å²) in [5.74, 6) is -0.308. The first-order valence-corrected chi connectivity index (χ1v) is 11.9. The van der Waals surface area contributed by atoms with Crippen LogP contribution in [0.3, 0.4) is 0 Å². The van der Waals surface area contributed by atoms with Gasteiger partial charge in [-0.05, 0) is 37.4 Å². The molecule has 4 rings (SSSR count). The van der Waals surface area contributed by atoms with Gasteiger partial charge < -0.3 is 14.6 Å². The fourth-order valence-corrected chi connectivity index (χ4v) is 4.33. The van der Waals surface area contributed by atoms with Gasteiger partial charge in [-0.3, -0.25) is 14.4 Å². The molecule has 3 aromatic carbocycles. The molecule has 1 aromatic heterocycles. The number of nitrogens with zero attached hydrogens (tertiary/aromatic N) is 1. The number of carbonyl (C=O) groups is 2. The lowest BCUT2D eigenvalue weighted by atomic mass is 10.0. The number of para-hydroxylation sites is 2. The van der Waals surface area contributed by atoms with Crippen LogP contribution in [-0.4, -0.2) is 36.6 Å². The van der Waals surface area contributed by atoms with Gasteiger partial charge in [0, 0.05) is 23.1 Å². The number of benzene rings is 3.